The van der Waals surface area contributed by atoms with Crippen LogP contribution in [0, 0.1) is 6.92 Å². The minimum Gasteiger partial charge on any atom is -0.376 e. The highest BCUT2D eigenvalue weighted by molar-refractivity contribution is 5.25. The molecular weight excluding hydrogens is 260 g/mol. The van der Waals surface area contributed by atoms with Gasteiger partial charge in [-0.1, -0.05) is 36.8 Å². The molecule has 3 unspecified atom stereocenters. The number of nitrogens with zero attached hydrogens (tertiary/aromatic N) is 1. The van der Waals surface area contributed by atoms with Crippen molar-refractivity contribution in [1.29, 1.82) is 0 Å². The predicted molar refractivity (Wildman–Crippen MR) is 88.7 cm³/mol. The van der Waals surface area contributed by atoms with Crippen LogP contribution in [0.4, 0.5) is 0 Å². The van der Waals surface area contributed by atoms with Gasteiger partial charge in [0.2, 0.25) is 0 Å². The van der Waals surface area contributed by atoms with Crippen LogP contribution in [-0.2, 0) is 4.74 Å². The highest BCUT2D eigenvalue weighted by Crippen LogP contribution is 2.23. The first-order valence-electron chi connectivity index (χ1n) is 8.27. The zero-order valence-corrected chi connectivity index (χ0v) is 13.9. The molecule has 0 bridgehead atoms. The molecule has 1 N–H and O–H groups in total. The van der Waals surface area contributed by atoms with E-state index in [1.165, 1.54) is 11.1 Å². The van der Waals surface area contributed by atoms with E-state index in [1.54, 1.807) is 0 Å². The lowest BCUT2D eigenvalue weighted by atomic mass is 9.97. The van der Waals surface area contributed by atoms with Gasteiger partial charge in [0.15, 0.2) is 0 Å². The van der Waals surface area contributed by atoms with Crippen LogP contribution in [0.15, 0.2) is 24.3 Å². The van der Waals surface area contributed by atoms with E-state index in [0.29, 0.717) is 18.2 Å². The summed E-state index contributed by atoms with van der Waals surface area (Å²) in [6, 6.07) is 9.82. The molecule has 21 heavy (non-hydrogen) atoms. The molecule has 0 radical (unpaired) electrons. The number of rotatable bonds is 6. The number of benzene rings is 1. The smallest absolute Gasteiger partial charge is 0.0674 e. The van der Waals surface area contributed by atoms with Crippen molar-refractivity contribution in [2.24, 2.45) is 0 Å². The summed E-state index contributed by atoms with van der Waals surface area (Å²) in [4.78, 5) is 2.56. The van der Waals surface area contributed by atoms with Gasteiger partial charge in [-0.2, -0.15) is 0 Å². The normalized spacial score (nSPS) is 23.0. The fourth-order valence-electron chi connectivity index (χ4n) is 3.07. The fraction of sp³-hybridized carbons (Fsp3) is 0.667. The zero-order chi connectivity index (χ0) is 15.2. The molecule has 1 aliphatic heterocycles. The molecule has 0 amide bonds. The van der Waals surface area contributed by atoms with Gasteiger partial charge in [0.05, 0.1) is 12.7 Å². The van der Waals surface area contributed by atoms with Gasteiger partial charge in [-0.25, -0.2) is 0 Å². The van der Waals surface area contributed by atoms with Crippen molar-refractivity contribution in [1.82, 2.24) is 10.2 Å². The van der Waals surface area contributed by atoms with Crippen molar-refractivity contribution in [3.8, 4) is 0 Å². The molecular formula is C18H30N2O. The molecule has 0 saturated carbocycles. The second-order valence-corrected chi connectivity index (χ2v) is 6.26. The van der Waals surface area contributed by atoms with E-state index in [0.717, 1.165) is 32.7 Å². The molecule has 3 heteroatoms. The van der Waals surface area contributed by atoms with E-state index >= 15 is 0 Å². The van der Waals surface area contributed by atoms with Crippen molar-refractivity contribution in [2.45, 2.75) is 52.3 Å². The van der Waals surface area contributed by atoms with Crippen molar-refractivity contribution in [3.05, 3.63) is 35.4 Å². The Bertz CT molecular complexity index is 418. The van der Waals surface area contributed by atoms with Crippen LogP contribution in [0.3, 0.4) is 0 Å². The molecule has 2 rings (SSSR count). The Kier molecular flexibility index (Phi) is 6.22. The van der Waals surface area contributed by atoms with Crippen molar-refractivity contribution >= 4 is 0 Å². The average molecular weight is 290 g/mol. The van der Waals surface area contributed by atoms with E-state index in [2.05, 4.69) is 62.2 Å². The number of nitrogens with one attached hydrogen (secondary N) is 1. The maximum absolute atomic E-state index is 5.68. The number of ether oxygens (including phenoxy) is 1. The molecule has 118 valence electrons. The Morgan fingerprint density at radius 2 is 2.05 bits per heavy atom. The average Bonchev–Trinajstić information content (AvgIpc) is 2.49. The molecule has 1 fully saturated rings. The third-order valence-electron chi connectivity index (χ3n) is 4.38. The minimum absolute atomic E-state index is 0.339. The molecule has 0 spiro atoms. The van der Waals surface area contributed by atoms with Crippen LogP contribution < -0.4 is 5.32 Å². The van der Waals surface area contributed by atoms with Crippen LogP contribution in [-0.4, -0.2) is 43.3 Å². The predicted octanol–water partition coefficient (Wildman–Crippen LogP) is 3.14. The van der Waals surface area contributed by atoms with Gasteiger partial charge < -0.3 is 10.1 Å². The van der Waals surface area contributed by atoms with E-state index in [1.807, 2.05) is 0 Å². The van der Waals surface area contributed by atoms with E-state index in [-0.39, 0.29) is 0 Å². The molecule has 0 aliphatic carbocycles. The first kappa shape index (κ1) is 16.5. The van der Waals surface area contributed by atoms with Crippen LogP contribution in [0.1, 0.15) is 44.4 Å². The number of aryl methyl sites for hydroxylation is 1. The summed E-state index contributed by atoms with van der Waals surface area (Å²) in [5.74, 6) is 0. The zero-order valence-electron chi connectivity index (χ0n) is 13.9. The number of hydrogen-bond acceptors (Lipinski definition) is 3. The number of morpholine rings is 1. The quantitative estimate of drug-likeness (QED) is 0.871. The molecule has 1 aliphatic rings. The monoisotopic (exact) mass is 290 g/mol. The molecule has 0 aromatic heterocycles. The van der Waals surface area contributed by atoms with Gasteiger partial charge in [0.1, 0.15) is 0 Å². The maximum atomic E-state index is 5.68. The highest BCUT2D eigenvalue weighted by Gasteiger charge is 2.27. The highest BCUT2D eigenvalue weighted by atomic mass is 16.5. The first-order valence-corrected chi connectivity index (χ1v) is 8.27. The third kappa shape index (κ3) is 4.53. The number of hydrogen-bond donors (Lipinski definition) is 1. The van der Waals surface area contributed by atoms with Crippen molar-refractivity contribution < 1.29 is 4.74 Å². The summed E-state index contributed by atoms with van der Waals surface area (Å²) < 4.78 is 5.68. The molecule has 3 atom stereocenters. The third-order valence-corrected chi connectivity index (χ3v) is 4.38. The fourth-order valence-corrected chi connectivity index (χ4v) is 3.07. The van der Waals surface area contributed by atoms with Crippen LogP contribution >= 0.6 is 0 Å². The summed E-state index contributed by atoms with van der Waals surface area (Å²) in [6.45, 7) is 12.8. The summed E-state index contributed by atoms with van der Waals surface area (Å²) in [6.07, 6.45) is 1.50. The summed E-state index contributed by atoms with van der Waals surface area (Å²) in [5, 5.41) is 3.73. The molecule has 1 aromatic carbocycles. The first-order chi connectivity index (χ1) is 10.1. The lowest BCUT2D eigenvalue weighted by Gasteiger charge is -2.39. The van der Waals surface area contributed by atoms with Crippen molar-refractivity contribution in [2.75, 3.05) is 26.2 Å². The largest absolute Gasteiger partial charge is 0.376 e. The molecule has 1 aromatic rings. The Morgan fingerprint density at radius 3 is 2.67 bits per heavy atom. The van der Waals surface area contributed by atoms with Crippen LogP contribution in [0.5, 0.6) is 0 Å². The summed E-state index contributed by atoms with van der Waals surface area (Å²) in [5.41, 5.74) is 2.71. The van der Waals surface area contributed by atoms with E-state index in [9.17, 15) is 0 Å². The standard InChI is InChI=1S/C18H30N2O/c1-5-10-19-18(17-8-6-14(2)7-9-17)16(4)20-11-12-21-15(3)13-20/h6-9,15-16,18-19H,5,10-13H2,1-4H3. The Labute approximate surface area is 129 Å². The van der Waals surface area contributed by atoms with Crippen LogP contribution in [0.2, 0.25) is 0 Å². The Balaban J connectivity index is 2.12. The Morgan fingerprint density at radius 1 is 1.33 bits per heavy atom. The van der Waals surface area contributed by atoms with Gasteiger partial charge in [0.25, 0.3) is 0 Å². The topological polar surface area (TPSA) is 24.5 Å². The minimum atomic E-state index is 0.339. The van der Waals surface area contributed by atoms with Gasteiger partial charge in [-0.15, -0.1) is 0 Å². The van der Waals surface area contributed by atoms with E-state index < -0.39 is 0 Å². The van der Waals surface area contributed by atoms with Gasteiger partial charge in [-0.3, -0.25) is 4.90 Å². The van der Waals surface area contributed by atoms with Gasteiger partial charge >= 0.3 is 0 Å². The lowest BCUT2D eigenvalue weighted by Crippen LogP contribution is -2.50. The second-order valence-electron chi connectivity index (χ2n) is 6.26. The van der Waals surface area contributed by atoms with Gasteiger partial charge in [0, 0.05) is 25.2 Å². The maximum Gasteiger partial charge on any atom is 0.0674 e. The Hall–Kier alpha value is -0.900. The summed E-state index contributed by atoms with van der Waals surface area (Å²) >= 11 is 0. The second kappa shape index (κ2) is 7.92. The van der Waals surface area contributed by atoms with E-state index in [4.69, 9.17) is 4.74 Å². The van der Waals surface area contributed by atoms with Crippen LogP contribution in [0.25, 0.3) is 0 Å². The molecule has 1 saturated heterocycles. The summed E-state index contributed by atoms with van der Waals surface area (Å²) in [7, 11) is 0. The van der Waals surface area contributed by atoms with Gasteiger partial charge in [-0.05, 0) is 39.3 Å². The van der Waals surface area contributed by atoms with Crippen molar-refractivity contribution in [3.63, 3.8) is 0 Å². The molecule has 3 nitrogen and oxygen atoms in total. The SMILES string of the molecule is CCCNC(c1ccc(C)cc1)C(C)N1CCOC(C)C1. The molecule has 1 heterocycles. The lowest BCUT2D eigenvalue weighted by molar-refractivity contribution is -0.0369.